The topological polar surface area (TPSA) is 62.3 Å². The highest BCUT2D eigenvalue weighted by molar-refractivity contribution is 6.10. The zero-order valence-electron chi connectivity index (χ0n) is 12.6. The van der Waals surface area contributed by atoms with Crippen molar-refractivity contribution in [2.75, 3.05) is 4.90 Å². The van der Waals surface area contributed by atoms with Crippen LogP contribution in [0.25, 0.3) is 0 Å². The lowest BCUT2D eigenvalue weighted by molar-refractivity contribution is -0.139. The third-order valence-electron chi connectivity index (χ3n) is 4.64. The van der Waals surface area contributed by atoms with Gasteiger partial charge in [-0.15, -0.1) is 0 Å². The lowest BCUT2D eigenvalue weighted by Crippen LogP contribution is -2.70. The average Bonchev–Trinajstić information content (AvgIpc) is 2.49. The lowest BCUT2D eigenvalue weighted by atomic mass is 9.78. The first-order valence-corrected chi connectivity index (χ1v) is 7.62. The van der Waals surface area contributed by atoms with Crippen LogP contribution in [0.2, 0.25) is 0 Å². The molecular formula is C16H21N3O2. The van der Waals surface area contributed by atoms with Crippen LogP contribution in [-0.2, 0) is 9.59 Å². The van der Waals surface area contributed by atoms with Gasteiger partial charge < -0.3 is 5.32 Å². The molecule has 2 fully saturated rings. The molecule has 21 heavy (non-hydrogen) atoms. The first-order chi connectivity index (χ1) is 10.0. The number of aryl methyl sites for hydroxylation is 1. The van der Waals surface area contributed by atoms with E-state index in [-0.39, 0.29) is 11.8 Å². The van der Waals surface area contributed by atoms with Crippen molar-refractivity contribution in [2.24, 2.45) is 0 Å². The number of anilines is 1. The van der Waals surface area contributed by atoms with Crippen LogP contribution in [0.1, 0.15) is 44.7 Å². The minimum absolute atomic E-state index is 0.0138. The Kier molecular flexibility index (Phi) is 3.43. The van der Waals surface area contributed by atoms with E-state index in [9.17, 15) is 9.59 Å². The minimum atomic E-state index is -0.702. The molecule has 1 unspecified atom stereocenters. The molecule has 2 heterocycles. The molecule has 2 aliphatic rings. The molecule has 1 aliphatic carbocycles. The van der Waals surface area contributed by atoms with Gasteiger partial charge in [0.25, 0.3) is 5.91 Å². The summed E-state index contributed by atoms with van der Waals surface area (Å²) in [6.45, 7) is 3.67. The number of piperazine rings is 1. The van der Waals surface area contributed by atoms with Gasteiger partial charge in [-0.3, -0.25) is 19.5 Å². The molecule has 0 bridgehead atoms. The minimum Gasteiger partial charge on any atom is -0.340 e. The quantitative estimate of drug-likeness (QED) is 0.858. The number of hydrogen-bond donors (Lipinski definition) is 1. The van der Waals surface area contributed by atoms with Gasteiger partial charge in [0.2, 0.25) is 5.91 Å². The Labute approximate surface area is 124 Å². The Morgan fingerprint density at radius 3 is 2.57 bits per heavy atom. The summed E-state index contributed by atoms with van der Waals surface area (Å²) in [6, 6.07) is 3.25. The molecule has 1 saturated heterocycles. The van der Waals surface area contributed by atoms with Gasteiger partial charge in [0.15, 0.2) is 0 Å². The van der Waals surface area contributed by atoms with Crippen LogP contribution in [0.15, 0.2) is 18.3 Å². The zero-order valence-corrected chi connectivity index (χ0v) is 12.6. The third kappa shape index (κ3) is 2.30. The maximum Gasteiger partial charge on any atom is 0.253 e. The molecule has 3 rings (SSSR count). The molecule has 112 valence electrons. The van der Waals surface area contributed by atoms with Gasteiger partial charge in [0.1, 0.15) is 11.6 Å². The second-order valence-electron chi connectivity index (χ2n) is 6.14. The van der Waals surface area contributed by atoms with Crippen molar-refractivity contribution in [1.82, 2.24) is 10.3 Å². The average molecular weight is 287 g/mol. The van der Waals surface area contributed by atoms with Crippen LogP contribution >= 0.6 is 0 Å². The maximum atomic E-state index is 13.0. The number of amides is 2. The van der Waals surface area contributed by atoms with E-state index in [1.807, 2.05) is 19.1 Å². The van der Waals surface area contributed by atoms with Crippen molar-refractivity contribution in [2.45, 2.75) is 57.5 Å². The Bertz CT molecular complexity index is 561. The third-order valence-corrected chi connectivity index (χ3v) is 4.64. The fourth-order valence-corrected chi connectivity index (χ4v) is 3.36. The monoisotopic (exact) mass is 287 g/mol. The molecule has 1 aliphatic heterocycles. The van der Waals surface area contributed by atoms with Gasteiger partial charge in [-0.05, 0) is 38.8 Å². The van der Waals surface area contributed by atoms with Gasteiger partial charge in [-0.2, -0.15) is 0 Å². The highest BCUT2D eigenvalue weighted by Gasteiger charge is 2.50. The molecule has 0 aromatic carbocycles. The largest absolute Gasteiger partial charge is 0.340 e. The van der Waals surface area contributed by atoms with E-state index >= 15 is 0 Å². The number of nitrogens with zero attached hydrogens (tertiary/aromatic N) is 2. The van der Waals surface area contributed by atoms with Crippen molar-refractivity contribution in [3.63, 3.8) is 0 Å². The predicted molar refractivity (Wildman–Crippen MR) is 79.9 cm³/mol. The zero-order chi connectivity index (χ0) is 15.0. The highest BCUT2D eigenvalue weighted by Crippen LogP contribution is 2.35. The smallest absolute Gasteiger partial charge is 0.253 e. The first-order valence-electron chi connectivity index (χ1n) is 7.62. The summed E-state index contributed by atoms with van der Waals surface area (Å²) in [7, 11) is 0. The fourth-order valence-electron chi connectivity index (χ4n) is 3.36. The van der Waals surface area contributed by atoms with Gasteiger partial charge in [0, 0.05) is 5.69 Å². The standard InChI is InChI=1S/C16H21N3O2/c1-11-6-7-13(10-17-11)19-12(2)14(20)18-16(15(19)21)8-4-3-5-9-16/h6-7,10,12H,3-5,8-9H2,1-2H3,(H,18,20). The molecular weight excluding hydrogens is 266 g/mol. The van der Waals surface area contributed by atoms with E-state index in [0.717, 1.165) is 37.8 Å². The lowest BCUT2D eigenvalue weighted by Gasteiger charge is -2.46. The fraction of sp³-hybridized carbons (Fsp3) is 0.562. The number of aromatic nitrogens is 1. The highest BCUT2D eigenvalue weighted by atomic mass is 16.2. The molecule has 1 aromatic heterocycles. The summed E-state index contributed by atoms with van der Waals surface area (Å²) >= 11 is 0. The number of nitrogens with one attached hydrogen (secondary N) is 1. The molecule has 1 saturated carbocycles. The Morgan fingerprint density at radius 2 is 1.95 bits per heavy atom. The number of hydrogen-bond acceptors (Lipinski definition) is 3. The van der Waals surface area contributed by atoms with Crippen LogP contribution in [0.3, 0.4) is 0 Å². The Balaban J connectivity index is 1.98. The van der Waals surface area contributed by atoms with Crippen molar-refractivity contribution >= 4 is 17.5 Å². The van der Waals surface area contributed by atoms with E-state index in [1.165, 1.54) is 0 Å². The molecule has 5 heteroatoms. The van der Waals surface area contributed by atoms with E-state index in [1.54, 1.807) is 18.0 Å². The first kappa shape index (κ1) is 14.0. The van der Waals surface area contributed by atoms with Crippen LogP contribution in [0, 0.1) is 6.92 Å². The summed E-state index contributed by atoms with van der Waals surface area (Å²) in [6.07, 6.45) is 6.26. The van der Waals surface area contributed by atoms with Crippen LogP contribution in [0.5, 0.6) is 0 Å². The van der Waals surface area contributed by atoms with Gasteiger partial charge in [-0.25, -0.2) is 0 Å². The summed E-state index contributed by atoms with van der Waals surface area (Å²) < 4.78 is 0. The van der Waals surface area contributed by atoms with Crippen LogP contribution < -0.4 is 10.2 Å². The molecule has 1 N–H and O–H groups in total. The van der Waals surface area contributed by atoms with Crippen molar-refractivity contribution in [1.29, 1.82) is 0 Å². The number of carbonyl (C=O) groups is 2. The Morgan fingerprint density at radius 1 is 1.24 bits per heavy atom. The summed E-state index contributed by atoms with van der Waals surface area (Å²) in [5, 5.41) is 2.99. The second kappa shape index (κ2) is 5.13. The van der Waals surface area contributed by atoms with Gasteiger partial charge >= 0.3 is 0 Å². The van der Waals surface area contributed by atoms with Crippen molar-refractivity contribution < 1.29 is 9.59 Å². The molecule has 2 amide bonds. The van der Waals surface area contributed by atoms with Crippen LogP contribution in [0.4, 0.5) is 5.69 Å². The van der Waals surface area contributed by atoms with Gasteiger partial charge in [-0.1, -0.05) is 19.3 Å². The molecule has 0 radical (unpaired) electrons. The summed E-state index contributed by atoms with van der Waals surface area (Å²) in [5.74, 6) is -0.0583. The number of carbonyl (C=O) groups excluding carboxylic acids is 2. The molecule has 1 atom stereocenters. The molecule has 1 spiro atoms. The predicted octanol–water partition coefficient (Wildman–Crippen LogP) is 1.94. The number of pyridine rings is 1. The van der Waals surface area contributed by atoms with E-state index in [0.29, 0.717) is 5.69 Å². The van der Waals surface area contributed by atoms with Crippen LogP contribution in [-0.4, -0.2) is 28.4 Å². The number of rotatable bonds is 1. The normalized spacial score (nSPS) is 25.0. The molecule has 1 aromatic rings. The van der Waals surface area contributed by atoms with Crippen molar-refractivity contribution in [3.05, 3.63) is 24.0 Å². The van der Waals surface area contributed by atoms with Crippen molar-refractivity contribution in [3.8, 4) is 0 Å². The summed E-state index contributed by atoms with van der Waals surface area (Å²) in [4.78, 5) is 31.2. The second-order valence-corrected chi connectivity index (χ2v) is 6.14. The van der Waals surface area contributed by atoms with Gasteiger partial charge in [0.05, 0.1) is 11.9 Å². The maximum absolute atomic E-state index is 13.0. The summed E-state index contributed by atoms with van der Waals surface area (Å²) in [5.41, 5.74) is 0.901. The van der Waals surface area contributed by atoms with E-state index in [2.05, 4.69) is 10.3 Å². The SMILES string of the molecule is Cc1ccc(N2C(=O)C3(CCCCC3)NC(=O)C2C)cn1. The van der Waals surface area contributed by atoms with E-state index in [4.69, 9.17) is 0 Å². The van der Waals surface area contributed by atoms with E-state index < -0.39 is 11.6 Å². The Hall–Kier alpha value is -1.91. The molecule has 5 nitrogen and oxygen atoms in total.